The molecule has 3 heteroatoms. The number of nitrogens with zero attached hydrogens (tertiary/aromatic N) is 2. The van der Waals surface area contributed by atoms with Crippen molar-refractivity contribution in [2.75, 3.05) is 19.6 Å². The van der Waals surface area contributed by atoms with Gasteiger partial charge in [0.15, 0.2) is 5.78 Å². The first-order valence-electron chi connectivity index (χ1n) is 10.5. The number of carbonyl (C=O) groups is 1. The molecule has 28 heavy (non-hydrogen) atoms. The van der Waals surface area contributed by atoms with Crippen LogP contribution in [0.4, 0.5) is 0 Å². The summed E-state index contributed by atoms with van der Waals surface area (Å²) in [5.74, 6) is 1.36. The molecule has 3 nitrogen and oxygen atoms in total. The fourth-order valence-electron chi connectivity index (χ4n) is 4.43. The quantitative estimate of drug-likeness (QED) is 0.578. The van der Waals surface area contributed by atoms with E-state index in [9.17, 15) is 4.79 Å². The lowest BCUT2D eigenvalue weighted by Crippen LogP contribution is -2.39. The molecule has 5 rings (SSSR count). The second-order valence-corrected chi connectivity index (χ2v) is 8.40. The summed E-state index contributed by atoms with van der Waals surface area (Å²) >= 11 is 0. The van der Waals surface area contributed by atoms with Crippen molar-refractivity contribution in [2.24, 2.45) is 11.8 Å². The van der Waals surface area contributed by atoms with E-state index < -0.39 is 0 Å². The lowest BCUT2D eigenvalue weighted by molar-refractivity contribution is 0.0815. The van der Waals surface area contributed by atoms with E-state index in [-0.39, 0.29) is 5.92 Å². The summed E-state index contributed by atoms with van der Waals surface area (Å²) in [6, 6.07) is 18.5. The molecule has 0 amide bonds. The van der Waals surface area contributed by atoms with Crippen LogP contribution in [0.25, 0.3) is 22.0 Å². The van der Waals surface area contributed by atoms with Gasteiger partial charge in [-0.1, -0.05) is 30.3 Å². The SMILES string of the molecule is O=C(c1ccc2cc(-c3ccccn3)ccc2c1)C1CCCN(CC2CC2)C1. The Kier molecular flexibility index (Phi) is 4.69. The molecule has 0 radical (unpaired) electrons. The van der Waals surface area contributed by atoms with E-state index in [1.54, 1.807) is 0 Å². The number of aromatic nitrogens is 1. The topological polar surface area (TPSA) is 33.2 Å². The Labute approximate surface area is 166 Å². The predicted molar refractivity (Wildman–Crippen MR) is 113 cm³/mol. The molecule has 0 spiro atoms. The zero-order valence-corrected chi connectivity index (χ0v) is 16.2. The minimum absolute atomic E-state index is 0.151. The molecule has 3 aromatic rings. The molecule has 2 fully saturated rings. The highest BCUT2D eigenvalue weighted by Gasteiger charge is 2.30. The van der Waals surface area contributed by atoms with Gasteiger partial charge in [0.2, 0.25) is 0 Å². The molecular formula is C25H26N2O. The number of rotatable bonds is 5. The third kappa shape index (κ3) is 3.72. The normalized spacial score (nSPS) is 20.4. The van der Waals surface area contributed by atoms with E-state index in [0.717, 1.165) is 59.4 Å². The number of carbonyl (C=O) groups excluding carboxylic acids is 1. The van der Waals surface area contributed by atoms with E-state index in [0.29, 0.717) is 5.78 Å². The number of ketones is 1. The number of pyridine rings is 1. The summed E-state index contributed by atoms with van der Waals surface area (Å²) in [4.78, 5) is 20.1. The molecule has 1 aliphatic carbocycles. The minimum Gasteiger partial charge on any atom is -0.302 e. The number of hydrogen-bond donors (Lipinski definition) is 0. The van der Waals surface area contributed by atoms with Gasteiger partial charge in [-0.15, -0.1) is 0 Å². The predicted octanol–water partition coefficient (Wildman–Crippen LogP) is 5.21. The van der Waals surface area contributed by atoms with Crippen LogP contribution >= 0.6 is 0 Å². The van der Waals surface area contributed by atoms with Crippen LogP contribution in [0.3, 0.4) is 0 Å². The van der Waals surface area contributed by atoms with E-state index >= 15 is 0 Å². The van der Waals surface area contributed by atoms with Gasteiger partial charge in [-0.25, -0.2) is 0 Å². The fraction of sp³-hybridized carbons (Fsp3) is 0.360. The van der Waals surface area contributed by atoms with Crippen LogP contribution in [0.1, 0.15) is 36.0 Å². The molecule has 1 unspecified atom stereocenters. The summed E-state index contributed by atoms with van der Waals surface area (Å²) in [7, 11) is 0. The minimum atomic E-state index is 0.151. The maximum atomic E-state index is 13.1. The summed E-state index contributed by atoms with van der Waals surface area (Å²) in [5.41, 5.74) is 2.94. The van der Waals surface area contributed by atoms with Crippen LogP contribution in [0.15, 0.2) is 60.8 Å². The molecule has 1 saturated heterocycles. The second-order valence-electron chi connectivity index (χ2n) is 8.40. The first-order chi connectivity index (χ1) is 13.8. The van der Waals surface area contributed by atoms with Crippen molar-refractivity contribution in [2.45, 2.75) is 25.7 Å². The molecule has 1 aliphatic heterocycles. The van der Waals surface area contributed by atoms with Gasteiger partial charge in [-0.05, 0) is 73.2 Å². The fourth-order valence-corrected chi connectivity index (χ4v) is 4.43. The molecule has 2 heterocycles. The van der Waals surface area contributed by atoms with E-state index in [1.165, 1.54) is 19.4 Å². The summed E-state index contributed by atoms with van der Waals surface area (Å²) in [6.07, 6.45) is 6.74. The van der Waals surface area contributed by atoms with E-state index in [1.807, 2.05) is 30.5 Å². The van der Waals surface area contributed by atoms with Gasteiger partial charge in [0.1, 0.15) is 0 Å². The lowest BCUT2D eigenvalue weighted by atomic mass is 9.89. The highest BCUT2D eigenvalue weighted by molar-refractivity contribution is 6.02. The van der Waals surface area contributed by atoms with Gasteiger partial charge in [-0.2, -0.15) is 0 Å². The summed E-state index contributed by atoms with van der Waals surface area (Å²) in [5, 5.41) is 2.27. The molecule has 1 aromatic heterocycles. The second kappa shape index (κ2) is 7.48. The Morgan fingerprint density at radius 1 is 1.00 bits per heavy atom. The van der Waals surface area contributed by atoms with E-state index in [4.69, 9.17) is 0 Å². The van der Waals surface area contributed by atoms with Crippen molar-refractivity contribution < 1.29 is 4.79 Å². The largest absolute Gasteiger partial charge is 0.302 e. The van der Waals surface area contributed by atoms with Crippen LogP contribution in [0.2, 0.25) is 0 Å². The van der Waals surface area contributed by atoms with Crippen molar-refractivity contribution in [1.29, 1.82) is 0 Å². The van der Waals surface area contributed by atoms with Crippen LogP contribution in [0, 0.1) is 11.8 Å². The smallest absolute Gasteiger partial charge is 0.167 e. The van der Waals surface area contributed by atoms with Crippen LogP contribution in [-0.2, 0) is 0 Å². The van der Waals surface area contributed by atoms with E-state index in [2.05, 4.69) is 40.2 Å². The molecule has 1 atom stereocenters. The third-order valence-electron chi connectivity index (χ3n) is 6.18. The van der Waals surface area contributed by atoms with Gasteiger partial charge >= 0.3 is 0 Å². The Bertz CT molecular complexity index is 994. The highest BCUT2D eigenvalue weighted by Crippen LogP contribution is 2.32. The Balaban J connectivity index is 1.36. The molecule has 0 N–H and O–H groups in total. The molecule has 0 bridgehead atoms. The van der Waals surface area contributed by atoms with Gasteiger partial charge in [0.05, 0.1) is 5.69 Å². The summed E-state index contributed by atoms with van der Waals surface area (Å²) < 4.78 is 0. The zero-order chi connectivity index (χ0) is 18.9. The monoisotopic (exact) mass is 370 g/mol. The number of fused-ring (bicyclic) bond motifs is 1. The first-order valence-corrected chi connectivity index (χ1v) is 10.5. The molecule has 2 aromatic carbocycles. The number of likely N-dealkylation sites (tertiary alicyclic amines) is 1. The van der Waals surface area contributed by atoms with Crippen molar-refractivity contribution in [1.82, 2.24) is 9.88 Å². The molecule has 1 saturated carbocycles. The molecule has 2 aliphatic rings. The number of benzene rings is 2. The third-order valence-corrected chi connectivity index (χ3v) is 6.18. The maximum absolute atomic E-state index is 13.1. The Morgan fingerprint density at radius 2 is 1.86 bits per heavy atom. The van der Waals surface area contributed by atoms with Crippen molar-refractivity contribution >= 4 is 16.6 Å². The van der Waals surface area contributed by atoms with Crippen molar-refractivity contribution in [3.8, 4) is 11.3 Å². The molecular weight excluding hydrogens is 344 g/mol. The lowest BCUT2D eigenvalue weighted by Gasteiger charge is -2.32. The van der Waals surface area contributed by atoms with Crippen LogP contribution in [-0.4, -0.2) is 35.3 Å². The number of Topliss-reactive ketones (excluding diaryl/α,β-unsaturated/α-hetero) is 1. The van der Waals surface area contributed by atoms with Crippen molar-refractivity contribution in [3.63, 3.8) is 0 Å². The number of hydrogen-bond acceptors (Lipinski definition) is 3. The average Bonchev–Trinajstić information content (AvgIpc) is 3.57. The standard InChI is InChI=1S/C25H26N2O/c28-25(23-4-3-13-27(17-23)16-18-6-7-18)22-11-9-19-14-21(10-8-20(19)15-22)24-5-1-2-12-26-24/h1-2,5,8-12,14-15,18,23H,3-4,6-7,13,16-17H2. The Morgan fingerprint density at radius 3 is 2.68 bits per heavy atom. The maximum Gasteiger partial charge on any atom is 0.167 e. The average molecular weight is 370 g/mol. The zero-order valence-electron chi connectivity index (χ0n) is 16.2. The van der Waals surface area contributed by atoms with Crippen LogP contribution in [0.5, 0.6) is 0 Å². The van der Waals surface area contributed by atoms with Gasteiger partial charge in [-0.3, -0.25) is 9.78 Å². The van der Waals surface area contributed by atoms with Gasteiger partial charge in [0.25, 0.3) is 0 Å². The van der Waals surface area contributed by atoms with Gasteiger partial charge < -0.3 is 4.90 Å². The van der Waals surface area contributed by atoms with Crippen molar-refractivity contribution in [3.05, 3.63) is 66.4 Å². The number of piperidine rings is 1. The highest BCUT2D eigenvalue weighted by atomic mass is 16.1. The van der Waals surface area contributed by atoms with Crippen LogP contribution < -0.4 is 0 Å². The summed E-state index contributed by atoms with van der Waals surface area (Å²) in [6.45, 7) is 3.29. The first kappa shape index (κ1) is 17.6. The Hall–Kier alpha value is -2.52. The molecule has 142 valence electrons. The van der Waals surface area contributed by atoms with Gasteiger partial charge in [0, 0.05) is 36.3 Å².